The van der Waals surface area contributed by atoms with Crippen LogP contribution in [0.3, 0.4) is 0 Å². The van der Waals surface area contributed by atoms with Gasteiger partial charge >= 0.3 is 12.1 Å². The van der Waals surface area contributed by atoms with Crippen LogP contribution in [0.25, 0.3) is 6.08 Å². The molecule has 2 aromatic carbocycles. The molecule has 2 aromatic rings. The number of carbonyl (C=O) groups is 2. The maximum Gasteiger partial charge on any atom is 0.410 e. The van der Waals surface area contributed by atoms with E-state index < -0.39 is 39.3 Å². The number of hydrogen-bond acceptors (Lipinski definition) is 8. The van der Waals surface area contributed by atoms with Crippen LogP contribution in [0.5, 0.6) is 5.75 Å². The molecule has 0 aliphatic carbocycles. The van der Waals surface area contributed by atoms with Gasteiger partial charge in [-0.25, -0.2) is 17.6 Å². The number of piperidine rings is 1. The molecule has 0 unspecified atom stereocenters. The van der Waals surface area contributed by atoms with E-state index in [0.717, 1.165) is 10.4 Å². The lowest BCUT2D eigenvalue weighted by molar-refractivity contribution is -0.139. The summed E-state index contributed by atoms with van der Waals surface area (Å²) in [6, 6.07) is 12.6. The maximum absolute atomic E-state index is 15.2. The minimum atomic E-state index is -4.25. The second kappa shape index (κ2) is 14.2. The second-order valence-corrected chi connectivity index (χ2v) is 12.5. The van der Waals surface area contributed by atoms with Crippen molar-refractivity contribution in [1.29, 1.82) is 5.26 Å². The van der Waals surface area contributed by atoms with Gasteiger partial charge in [0.1, 0.15) is 11.7 Å². The first-order chi connectivity index (χ1) is 19.8. The van der Waals surface area contributed by atoms with Crippen LogP contribution in [-0.2, 0) is 24.3 Å². The smallest absolute Gasteiger partial charge is 0.410 e. The van der Waals surface area contributed by atoms with Crippen molar-refractivity contribution in [3.8, 4) is 11.8 Å². The average molecular weight is 602 g/mol. The standard InChI is InChI=1S/C30H36FN3O7S/c1-5-39-28(35)21-42(37,38)34(15-7-10-22-8-6-9-23(18-22)20-32)24-11-12-27(26(31)19-24)40-25-13-16-33(17-14-25)29(36)41-30(2,3)4/h6-12,18-19,25H,5,13-17,21H2,1-4H3/b10-7+. The lowest BCUT2D eigenvalue weighted by Gasteiger charge is -2.33. The molecule has 1 aliphatic rings. The molecule has 0 bridgehead atoms. The molecular weight excluding hydrogens is 565 g/mol. The van der Waals surface area contributed by atoms with E-state index in [-0.39, 0.29) is 30.7 Å². The summed E-state index contributed by atoms with van der Waals surface area (Å²) >= 11 is 0. The van der Waals surface area contributed by atoms with E-state index in [1.54, 1.807) is 69.0 Å². The number of likely N-dealkylation sites (tertiary alicyclic amines) is 1. The van der Waals surface area contributed by atoms with Crippen LogP contribution >= 0.6 is 0 Å². The Morgan fingerprint density at radius 2 is 1.88 bits per heavy atom. The van der Waals surface area contributed by atoms with Gasteiger partial charge in [0.2, 0.25) is 10.0 Å². The molecule has 0 radical (unpaired) electrons. The van der Waals surface area contributed by atoms with Crippen LogP contribution in [0, 0.1) is 17.1 Å². The minimum absolute atomic E-state index is 0.000631. The van der Waals surface area contributed by atoms with Crippen LogP contribution in [0.2, 0.25) is 0 Å². The van der Waals surface area contributed by atoms with Gasteiger partial charge < -0.3 is 19.1 Å². The number of nitriles is 1. The fraction of sp³-hybridized carbons (Fsp3) is 0.433. The van der Waals surface area contributed by atoms with Crippen LogP contribution in [0.1, 0.15) is 51.7 Å². The maximum atomic E-state index is 15.2. The molecule has 42 heavy (non-hydrogen) atoms. The summed E-state index contributed by atoms with van der Waals surface area (Å²) in [7, 11) is -4.25. The van der Waals surface area contributed by atoms with E-state index in [4.69, 9.17) is 19.5 Å². The van der Waals surface area contributed by atoms with Crippen molar-refractivity contribution in [3.05, 3.63) is 65.5 Å². The summed E-state index contributed by atoms with van der Waals surface area (Å²) in [5.74, 6) is -2.68. The predicted octanol–water partition coefficient (Wildman–Crippen LogP) is 4.89. The van der Waals surface area contributed by atoms with E-state index in [1.165, 1.54) is 12.1 Å². The molecular formula is C30H36FN3O7S. The fourth-order valence-corrected chi connectivity index (χ4v) is 5.49. The van der Waals surface area contributed by atoms with Crippen molar-refractivity contribution >= 4 is 33.8 Å². The third kappa shape index (κ3) is 9.48. The summed E-state index contributed by atoms with van der Waals surface area (Å²) in [6.07, 6.45) is 3.36. The normalized spacial score (nSPS) is 14.3. The molecule has 10 nitrogen and oxygen atoms in total. The number of esters is 1. The van der Waals surface area contributed by atoms with Crippen molar-refractivity contribution < 1.29 is 36.6 Å². The summed E-state index contributed by atoms with van der Waals surface area (Å²) in [5.41, 5.74) is 0.506. The monoisotopic (exact) mass is 601 g/mol. The van der Waals surface area contributed by atoms with E-state index in [0.29, 0.717) is 37.1 Å². The quantitative estimate of drug-likeness (QED) is 0.353. The molecule has 3 rings (SSSR count). The highest BCUT2D eigenvalue weighted by molar-refractivity contribution is 7.93. The average Bonchev–Trinajstić information content (AvgIpc) is 2.91. The molecule has 1 fully saturated rings. The number of carbonyl (C=O) groups excluding carboxylic acids is 2. The van der Waals surface area contributed by atoms with Gasteiger partial charge in [0.25, 0.3) is 0 Å². The number of benzene rings is 2. The highest BCUT2D eigenvalue weighted by Crippen LogP contribution is 2.29. The molecule has 0 N–H and O–H groups in total. The zero-order valence-corrected chi connectivity index (χ0v) is 25.0. The number of anilines is 1. The van der Waals surface area contributed by atoms with Gasteiger partial charge in [0.05, 0.1) is 30.5 Å². The highest BCUT2D eigenvalue weighted by Gasteiger charge is 2.29. The van der Waals surface area contributed by atoms with Crippen molar-refractivity contribution in [2.75, 3.05) is 36.3 Å². The zero-order valence-electron chi connectivity index (χ0n) is 24.2. The third-order valence-electron chi connectivity index (χ3n) is 6.13. The Labute approximate surface area is 246 Å². The molecule has 0 atom stereocenters. The largest absolute Gasteiger partial charge is 0.487 e. The van der Waals surface area contributed by atoms with Gasteiger partial charge in [-0.15, -0.1) is 0 Å². The summed E-state index contributed by atoms with van der Waals surface area (Å²) in [6.45, 7) is 7.54. The minimum Gasteiger partial charge on any atom is -0.487 e. The summed E-state index contributed by atoms with van der Waals surface area (Å²) < 4.78 is 58.6. The van der Waals surface area contributed by atoms with Crippen molar-refractivity contribution in [3.63, 3.8) is 0 Å². The number of amides is 1. The van der Waals surface area contributed by atoms with Crippen molar-refractivity contribution in [2.24, 2.45) is 0 Å². The Bertz CT molecular complexity index is 1440. The first kappa shape index (κ1) is 32.4. The topological polar surface area (TPSA) is 126 Å². The molecule has 0 aromatic heterocycles. The zero-order chi connectivity index (χ0) is 30.9. The van der Waals surface area contributed by atoms with E-state index in [9.17, 15) is 18.0 Å². The first-order valence-electron chi connectivity index (χ1n) is 13.6. The Kier molecular flexibility index (Phi) is 10.9. The third-order valence-corrected chi connectivity index (χ3v) is 7.76. The van der Waals surface area contributed by atoms with E-state index >= 15 is 4.39 Å². The molecule has 1 saturated heterocycles. The number of halogens is 1. The number of hydrogen-bond donors (Lipinski definition) is 0. The number of rotatable bonds is 10. The lowest BCUT2D eigenvalue weighted by Crippen LogP contribution is -2.44. The number of nitrogens with zero attached hydrogens (tertiary/aromatic N) is 3. The van der Waals surface area contributed by atoms with Gasteiger partial charge in [-0.1, -0.05) is 24.3 Å². The molecule has 1 aliphatic heterocycles. The van der Waals surface area contributed by atoms with Crippen molar-refractivity contribution in [1.82, 2.24) is 4.90 Å². The van der Waals surface area contributed by atoms with Crippen molar-refractivity contribution in [2.45, 2.75) is 52.2 Å². The van der Waals surface area contributed by atoms with E-state index in [2.05, 4.69) is 0 Å². The lowest BCUT2D eigenvalue weighted by atomic mass is 10.1. The molecule has 12 heteroatoms. The predicted molar refractivity (Wildman–Crippen MR) is 156 cm³/mol. The van der Waals surface area contributed by atoms with Gasteiger partial charge in [-0.2, -0.15) is 5.26 Å². The Hall–Kier alpha value is -4.11. The van der Waals surface area contributed by atoms with Crippen LogP contribution in [0.15, 0.2) is 48.5 Å². The SMILES string of the molecule is CCOC(=O)CS(=O)(=O)N(C/C=C/c1cccc(C#N)c1)c1ccc(OC2CCN(C(=O)OC(C)(C)C)CC2)c(F)c1. The van der Waals surface area contributed by atoms with Gasteiger partial charge in [0, 0.05) is 32.0 Å². The Morgan fingerprint density at radius 1 is 1.17 bits per heavy atom. The molecule has 0 spiro atoms. The summed E-state index contributed by atoms with van der Waals surface area (Å²) in [5, 5.41) is 9.11. The van der Waals surface area contributed by atoms with Crippen LogP contribution in [0.4, 0.5) is 14.9 Å². The molecule has 226 valence electrons. The Morgan fingerprint density at radius 3 is 2.50 bits per heavy atom. The first-order valence-corrected chi connectivity index (χ1v) is 15.2. The fourth-order valence-electron chi connectivity index (χ4n) is 4.21. The molecule has 1 heterocycles. The van der Waals surface area contributed by atoms with Crippen LogP contribution < -0.4 is 9.04 Å². The van der Waals surface area contributed by atoms with Gasteiger partial charge in [-0.3, -0.25) is 9.10 Å². The molecule has 0 saturated carbocycles. The van der Waals surface area contributed by atoms with Gasteiger partial charge in [0.15, 0.2) is 17.3 Å². The second-order valence-electron chi connectivity index (χ2n) is 10.6. The summed E-state index contributed by atoms with van der Waals surface area (Å²) in [4.78, 5) is 25.9. The van der Waals surface area contributed by atoms with Crippen LogP contribution in [-0.4, -0.2) is 69.1 Å². The molecule has 1 amide bonds. The highest BCUT2D eigenvalue weighted by atomic mass is 32.2. The number of ether oxygens (including phenoxy) is 3. The van der Waals surface area contributed by atoms with Gasteiger partial charge in [-0.05, 0) is 57.5 Å². The Balaban J connectivity index is 1.75. The number of sulfonamides is 1. The van der Waals surface area contributed by atoms with E-state index in [1.807, 2.05) is 6.07 Å².